The molecule has 1 N–H and O–H groups in total. The Labute approximate surface area is 101 Å². The molecular weight excluding hydrogens is 218 g/mol. The summed E-state index contributed by atoms with van der Waals surface area (Å²) in [7, 11) is 0. The number of rotatable bonds is 3. The van der Waals surface area contributed by atoms with Crippen LogP contribution in [0.1, 0.15) is 17.4 Å². The molecule has 0 aromatic carbocycles. The molecule has 1 amide bonds. The molecule has 1 aromatic heterocycles. The molecule has 2 heterocycles. The van der Waals surface area contributed by atoms with Crippen molar-refractivity contribution in [2.75, 3.05) is 38.2 Å². The van der Waals surface area contributed by atoms with Crippen molar-refractivity contribution in [1.82, 2.24) is 9.88 Å². The van der Waals surface area contributed by atoms with Crippen molar-refractivity contribution in [1.29, 1.82) is 0 Å². The Hall–Kier alpha value is -1.62. The number of aromatic nitrogens is 1. The Bertz CT molecular complexity index is 372. The average molecular weight is 235 g/mol. The van der Waals surface area contributed by atoms with E-state index in [1.54, 1.807) is 17.2 Å². The minimum Gasteiger partial charge on any atom is -0.384 e. The lowest BCUT2D eigenvalue weighted by molar-refractivity contribution is 0.0299. The first-order valence-corrected chi connectivity index (χ1v) is 5.88. The highest BCUT2D eigenvalue weighted by atomic mass is 16.5. The Morgan fingerprint density at radius 3 is 2.82 bits per heavy atom. The van der Waals surface area contributed by atoms with Gasteiger partial charge in [0, 0.05) is 19.6 Å². The van der Waals surface area contributed by atoms with Crippen molar-refractivity contribution < 1.29 is 9.53 Å². The summed E-state index contributed by atoms with van der Waals surface area (Å²) in [4.78, 5) is 18.0. The van der Waals surface area contributed by atoms with E-state index < -0.39 is 0 Å². The van der Waals surface area contributed by atoms with Gasteiger partial charge in [-0.05, 0) is 19.1 Å². The van der Waals surface area contributed by atoms with Crippen molar-refractivity contribution in [2.24, 2.45) is 0 Å². The SMILES string of the molecule is CCNc1ccc(C(=O)N2CCOCC2)nc1. The van der Waals surface area contributed by atoms with E-state index in [2.05, 4.69) is 10.3 Å². The van der Waals surface area contributed by atoms with E-state index in [9.17, 15) is 4.79 Å². The van der Waals surface area contributed by atoms with E-state index in [1.807, 2.05) is 13.0 Å². The highest BCUT2D eigenvalue weighted by Gasteiger charge is 2.19. The van der Waals surface area contributed by atoms with Crippen LogP contribution in [0, 0.1) is 0 Å². The molecule has 0 aliphatic carbocycles. The van der Waals surface area contributed by atoms with Crippen LogP contribution in [-0.2, 0) is 4.74 Å². The molecular formula is C12H17N3O2. The van der Waals surface area contributed by atoms with E-state index in [0.29, 0.717) is 32.0 Å². The summed E-state index contributed by atoms with van der Waals surface area (Å²) in [5, 5.41) is 3.15. The van der Waals surface area contributed by atoms with Crippen LogP contribution in [0.25, 0.3) is 0 Å². The lowest BCUT2D eigenvalue weighted by Gasteiger charge is -2.26. The summed E-state index contributed by atoms with van der Waals surface area (Å²) in [6.45, 7) is 5.39. The second kappa shape index (κ2) is 5.63. The first kappa shape index (κ1) is 11.9. The van der Waals surface area contributed by atoms with Gasteiger partial charge < -0.3 is 15.0 Å². The molecule has 2 rings (SSSR count). The van der Waals surface area contributed by atoms with E-state index in [0.717, 1.165) is 12.2 Å². The molecule has 0 radical (unpaired) electrons. The largest absolute Gasteiger partial charge is 0.384 e. The smallest absolute Gasteiger partial charge is 0.272 e. The average Bonchev–Trinajstić information content (AvgIpc) is 2.40. The number of anilines is 1. The summed E-state index contributed by atoms with van der Waals surface area (Å²) < 4.78 is 5.21. The fraction of sp³-hybridized carbons (Fsp3) is 0.500. The van der Waals surface area contributed by atoms with Gasteiger partial charge >= 0.3 is 0 Å². The van der Waals surface area contributed by atoms with Crippen LogP contribution >= 0.6 is 0 Å². The van der Waals surface area contributed by atoms with Crippen LogP contribution < -0.4 is 5.32 Å². The van der Waals surface area contributed by atoms with Crippen LogP contribution in [0.4, 0.5) is 5.69 Å². The van der Waals surface area contributed by atoms with Gasteiger partial charge in [-0.3, -0.25) is 4.79 Å². The van der Waals surface area contributed by atoms with Crippen molar-refractivity contribution in [3.8, 4) is 0 Å². The van der Waals surface area contributed by atoms with Gasteiger partial charge in [-0.2, -0.15) is 0 Å². The summed E-state index contributed by atoms with van der Waals surface area (Å²) in [5.41, 5.74) is 1.43. The molecule has 5 nitrogen and oxygen atoms in total. The molecule has 0 saturated carbocycles. The monoisotopic (exact) mass is 235 g/mol. The maximum Gasteiger partial charge on any atom is 0.272 e. The Kier molecular flexibility index (Phi) is 3.93. The first-order valence-electron chi connectivity index (χ1n) is 5.88. The molecule has 1 saturated heterocycles. The molecule has 0 bridgehead atoms. The number of nitrogens with zero attached hydrogens (tertiary/aromatic N) is 2. The number of carbonyl (C=O) groups is 1. The highest BCUT2D eigenvalue weighted by Crippen LogP contribution is 2.09. The third-order valence-corrected chi connectivity index (χ3v) is 2.66. The number of hydrogen-bond donors (Lipinski definition) is 1. The van der Waals surface area contributed by atoms with Gasteiger partial charge in [0.1, 0.15) is 5.69 Å². The summed E-state index contributed by atoms with van der Waals surface area (Å²) in [6.07, 6.45) is 1.69. The number of carbonyl (C=O) groups excluding carboxylic acids is 1. The lowest BCUT2D eigenvalue weighted by atomic mass is 10.3. The van der Waals surface area contributed by atoms with Crippen LogP contribution in [-0.4, -0.2) is 48.6 Å². The van der Waals surface area contributed by atoms with Gasteiger partial charge in [0.2, 0.25) is 0 Å². The molecule has 1 aromatic rings. The maximum atomic E-state index is 12.1. The van der Waals surface area contributed by atoms with E-state index in [4.69, 9.17) is 4.74 Å². The van der Waals surface area contributed by atoms with Gasteiger partial charge in [-0.1, -0.05) is 0 Å². The highest BCUT2D eigenvalue weighted by molar-refractivity contribution is 5.92. The second-order valence-electron chi connectivity index (χ2n) is 3.87. The summed E-state index contributed by atoms with van der Waals surface area (Å²) >= 11 is 0. The topological polar surface area (TPSA) is 54.5 Å². The zero-order chi connectivity index (χ0) is 12.1. The molecule has 0 atom stereocenters. The normalized spacial score (nSPS) is 15.7. The molecule has 92 valence electrons. The molecule has 0 spiro atoms. The number of hydrogen-bond acceptors (Lipinski definition) is 4. The third kappa shape index (κ3) is 2.94. The van der Waals surface area contributed by atoms with E-state index in [1.165, 1.54) is 0 Å². The first-order chi connectivity index (χ1) is 8.31. The number of amides is 1. The van der Waals surface area contributed by atoms with Gasteiger partial charge in [0.25, 0.3) is 5.91 Å². The molecule has 0 unspecified atom stereocenters. The van der Waals surface area contributed by atoms with Gasteiger partial charge in [-0.15, -0.1) is 0 Å². The van der Waals surface area contributed by atoms with Crippen LogP contribution in [0.5, 0.6) is 0 Å². The Morgan fingerprint density at radius 2 is 2.24 bits per heavy atom. The molecule has 1 aliphatic rings. The van der Waals surface area contributed by atoms with Crippen molar-refractivity contribution >= 4 is 11.6 Å². The fourth-order valence-electron chi connectivity index (χ4n) is 1.76. The van der Waals surface area contributed by atoms with Crippen LogP contribution in [0.15, 0.2) is 18.3 Å². The van der Waals surface area contributed by atoms with E-state index >= 15 is 0 Å². The Balaban J connectivity index is 2.03. The fourth-order valence-corrected chi connectivity index (χ4v) is 1.76. The predicted molar refractivity (Wildman–Crippen MR) is 65.1 cm³/mol. The van der Waals surface area contributed by atoms with E-state index in [-0.39, 0.29) is 5.91 Å². The minimum atomic E-state index is -0.0173. The zero-order valence-electron chi connectivity index (χ0n) is 9.98. The molecule has 1 aliphatic heterocycles. The summed E-state index contributed by atoms with van der Waals surface area (Å²) in [6, 6.07) is 3.64. The zero-order valence-corrected chi connectivity index (χ0v) is 9.98. The van der Waals surface area contributed by atoms with Crippen LogP contribution in [0.2, 0.25) is 0 Å². The molecule has 17 heavy (non-hydrogen) atoms. The van der Waals surface area contributed by atoms with Crippen molar-refractivity contribution in [3.05, 3.63) is 24.0 Å². The predicted octanol–water partition coefficient (Wildman–Crippen LogP) is 0.986. The number of ether oxygens (including phenoxy) is 1. The lowest BCUT2D eigenvalue weighted by Crippen LogP contribution is -2.41. The molecule has 1 fully saturated rings. The molecule has 5 heteroatoms. The quantitative estimate of drug-likeness (QED) is 0.848. The number of morpholine rings is 1. The summed E-state index contributed by atoms with van der Waals surface area (Å²) in [5.74, 6) is -0.0173. The van der Waals surface area contributed by atoms with Gasteiger partial charge in [-0.25, -0.2) is 4.98 Å². The standard InChI is InChI=1S/C12H17N3O2/c1-2-13-10-3-4-11(14-9-10)12(16)15-5-7-17-8-6-15/h3-4,9,13H,2,5-8H2,1H3. The maximum absolute atomic E-state index is 12.1. The second-order valence-corrected chi connectivity index (χ2v) is 3.87. The number of nitrogens with one attached hydrogen (secondary N) is 1. The van der Waals surface area contributed by atoms with Crippen molar-refractivity contribution in [2.45, 2.75) is 6.92 Å². The Morgan fingerprint density at radius 1 is 1.47 bits per heavy atom. The van der Waals surface area contributed by atoms with Gasteiger partial charge in [0.15, 0.2) is 0 Å². The van der Waals surface area contributed by atoms with Crippen LogP contribution in [0.3, 0.4) is 0 Å². The number of pyridine rings is 1. The minimum absolute atomic E-state index is 0.0173. The van der Waals surface area contributed by atoms with Crippen molar-refractivity contribution in [3.63, 3.8) is 0 Å². The van der Waals surface area contributed by atoms with Gasteiger partial charge in [0.05, 0.1) is 25.1 Å². The third-order valence-electron chi connectivity index (χ3n) is 2.66.